The second kappa shape index (κ2) is 7.88. The Morgan fingerprint density at radius 3 is 2.74 bits per heavy atom. The van der Waals surface area contributed by atoms with E-state index in [-0.39, 0.29) is 0 Å². The molecule has 1 aliphatic rings. The van der Waals surface area contributed by atoms with Gasteiger partial charge in [-0.15, -0.1) is 0 Å². The smallest absolute Gasteiger partial charge is 0.231 e. The standard InChI is InChI=1S/C17H24O2/c1-2-3-4-5-6-7-8-9-10-15-11-12-16-17(13-15)19-14-18-16/h7-8,11-13H,2-6,9-10,14H2,1H3. The molecule has 19 heavy (non-hydrogen) atoms. The van der Waals surface area contributed by atoms with Crippen molar-refractivity contribution in [1.82, 2.24) is 0 Å². The van der Waals surface area contributed by atoms with Crippen molar-refractivity contribution in [3.63, 3.8) is 0 Å². The molecular weight excluding hydrogens is 236 g/mol. The first kappa shape index (κ1) is 14.0. The molecule has 2 nitrogen and oxygen atoms in total. The van der Waals surface area contributed by atoms with E-state index in [1.807, 2.05) is 6.07 Å². The van der Waals surface area contributed by atoms with Crippen molar-refractivity contribution in [2.75, 3.05) is 6.79 Å². The molecule has 2 rings (SSSR count). The predicted octanol–water partition coefficient (Wildman–Crippen LogP) is 4.87. The summed E-state index contributed by atoms with van der Waals surface area (Å²) < 4.78 is 10.7. The highest BCUT2D eigenvalue weighted by Gasteiger charge is 2.12. The van der Waals surface area contributed by atoms with Crippen LogP contribution in [0.4, 0.5) is 0 Å². The van der Waals surface area contributed by atoms with Crippen molar-refractivity contribution >= 4 is 0 Å². The molecule has 1 aromatic carbocycles. The van der Waals surface area contributed by atoms with Crippen LogP contribution in [-0.2, 0) is 6.42 Å². The van der Waals surface area contributed by atoms with Gasteiger partial charge in [0.05, 0.1) is 0 Å². The number of hydrogen-bond donors (Lipinski definition) is 0. The maximum atomic E-state index is 5.38. The SMILES string of the molecule is CCCCCCC=CCCc1ccc2c(c1)OCO2. The molecule has 0 aromatic heterocycles. The van der Waals surface area contributed by atoms with Gasteiger partial charge in [0, 0.05) is 0 Å². The van der Waals surface area contributed by atoms with E-state index in [0.717, 1.165) is 24.3 Å². The Balaban J connectivity index is 1.64. The van der Waals surface area contributed by atoms with Gasteiger partial charge in [-0.3, -0.25) is 0 Å². The molecule has 0 N–H and O–H groups in total. The van der Waals surface area contributed by atoms with Crippen LogP contribution in [0.15, 0.2) is 30.4 Å². The zero-order valence-corrected chi connectivity index (χ0v) is 11.9. The van der Waals surface area contributed by atoms with Crippen molar-refractivity contribution in [2.45, 2.75) is 51.9 Å². The molecule has 0 bridgehead atoms. The monoisotopic (exact) mass is 260 g/mol. The fourth-order valence-electron chi connectivity index (χ4n) is 2.27. The molecule has 0 aliphatic carbocycles. The van der Waals surface area contributed by atoms with Crippen molar-refractivity contribution < 1.29 is 9.47 Å². The molecule has 0 atom stereocenters. The number of allylic oxidation sites excluding steroid dienone is 2. The van der Waals surface area contributed by atoms with Crippen LogP contribution in [0.2, 0.25) is 0 Å². The molecule has 1 aromatic rings. The highest BCUT2D eigenvalue weighted by molar-refractivity contribution is 5.44. The van der Waals surface area contributed by atoms with Gasteiger partial charge in [-0.25, -0.2) is 0 Å². The number of unbranched alkanes of at least 4 members (excludes halogenated alkanes) is 4. The van der Waals surface area contributed by atoms with E-state index in [0.29, 0.717) is 6.79 Å². The number of fused-ring (bicyclic) bond motifs is 1. The lowest BCUT2D eigenvalue weighted by Crippen LogP contribution is -1.92. The first-order chi connectivity index (χ1) is 9.40. The summed E-state index contributed by atoms with van der Waals surface area (Å²) in [4.78, 5) is 0. The summed E-state index contributed by atoms with van der Waals surface area (Å²) in [6.45, 7) is 2.61. The van der Waals surface area contributed by atoms with E-state index in [1.165, 1.54) is 37.7 Å². The average molecular weight is 260 g/mol. The maximum absolute atomic E-state index is 5.38. The zero-order valence-electron chi connectivity index (χ0n) is 11.9. The van der Waals surface area contributed by atoms with Gasteiger partial charge in [-0.05, 0) is 43.4 Å². The van der Waals surface area contributed by atoms with Crippen LogP contribution in [-0.4, -0.2) is 6.79 Å². The van der Waals surface area contributed by atoms with Gasteiger partial charge in [-0.1, -0.05) is 44.4 Å². The van der Waals surface area contributed by atoms with Gasteiger partial charge >= 0.3 is 0 Å². The molecule has 1 aliphatic heterocycles. The molecule has 0 radical (unpaired) electrons. The molecule has 1 heterocycles. The van der Waals surface area contributed by atoms with Crippen molar-refractivity contribution in [2.24, 2.45) is 0 Å². The van der Waals surface area contributed by atoms with Crippen LogP contribution < -0.4 is 9.47 Å². The Kier molecular flexibility index (Phi) is 5.80. The number of benzene rings is 1. The van der Waals surface area contributed by atoms with Crippen LogP contribution in [0.1, 0.15) is 51.0 Å². The minimum Gasteiger partial charge on any atom is -0.454 e. The van der Waals surface area contributed by atoms with Crippen LogP contribution in [0.3, 0.4) is 0 Å². The second-order valence-electron chi connectivity index (χ2n) is 5.05. The third-order valence-corrected chi connectivity index (χ3v) is 3.43. The van der Waals surface area contributed by atoms with Gasteiger partial charge in [0.25, 0.3) is 0 Å². The average Bonchev–Trinajstić information content (AvgIpc) is 2.89. The van der Waals surface area contributed by atoms with Gasteiger partial charge in [0.1, 0.15) is 0 Å². The summed E-state index contributed by atoms with van der Waals surface area (Å²) in [7, 11) is 0. The molecule has 0 saturated carbocycles. The summed E-state index contributed by atoms with van der Waals surface area (Å²) in [5, 5.41) is 0. The molecule has 104 valence electrons. The Labute approximate surface area is 116 Å². The Hall–Kier alpha value is -1.44. The number of hydrogen-bond acceptors (Lipinski definition) is 2. The third kappa shape index (κ3) is 4.62. The van der Waals surface area contributed by atoms with Gasteiger partial charge in [0.2, 0.25) is 6.79 Å². The van der Waals surface area contributed by atoms with E-state index in [9.17, 15) is 0 Å². The van der Waals surface area contributed by atoms with E-state index in [2.05, 4.69) is 31.2 Å². The predicted molar refractivity (Wildman–Crippen MR) is 78.8 cm³/mol. The molecule has 2 heteroatoms. The normalized spacial score (nSPS) is 13.3. The number of aryl methyl sites for hydroxylation is 1. The molecule has 0 unspecified atom stereocenters. The fourth-order valence-corrected chi connectivity index (χ4v) is 2.27. The second-order valence-corrected chi connectivity index (χ2v) is 5.05. The lowest BCUT2D eigenvalue weighted by atomic mass is 10.1. The van der Waals surface area contributed by atoms with Crippen LogP contribution in [0.25, 0.3) is 0 Å². The largest absolute Gasteiger partial charge is 0.454 e. The van der Waals surface area contributed by atoms with Gasteiger partial charge in [0.15, 0.2) is 11.5 Å². The van der Waals surface area contributed by atoms with E-state index >= 15 is 0 Å². The lowest BCUT2D eigenvalue weighted by Gasteiger charge is -2.01. The van der Waals surface area contributed by atoms with Crippen molar-refractivity contribution in [3.8, 4) is 11.5 Å². The third-order valence-electron chi connectivity index (χ3n) is 3.43. The summed E-state index contributed by atoms with van der Waals surface area (Å²) in [6, 6.07) is 6.23. The zero-order chi connectivity index (χ0) is 13.3. The van der Waals surface area contributed by atoms with E-state index in [4.69, 9.17) is 9.47 Å². The Morgan fingerprint density at radius 1 is 1.00 bits per heavy atom. The van der Waals surface area contributed by atoms with Crippen LogP contribution >= 0.6 is 0 Å². The number of rotatable bonds is 8. The molecule has 0 spiro atoms. The first-order valence-electron chi connectivity index (χ1n) is 7.43. The minimum atomic E-state index is 0.358. The fraction of sp³-hybridized carbons (Fsp3) is 0.529. The number of ether oxygens (including phenoxy) is 2. The first-order valence-corrected chi connectivity index (χ1v) is 7.43. The van der Waals surface area contributed by atoms with Crippen LogP contribution in [0.5, 0.6) is 11.5 Å². The molecule has 0 saturated heterocycles. The molecule has 0 amide bonds. The molecular formula is C17H24O2. The Bertz CT molecular complexity index is 410. The van der Waals surface area contributed by atoms with Gasteiger partial charge < -0.3 is 9.47 Å². The summed E-state index contributed by atoms with van der Waals surface area (Å²) >= 11 is 0. The van der Waals surface area contributed by atoms with Crippen LogP contribution in [0, 0.1) is 0 Å². The van der Waals surface area contributed by atoms with Gasteiger partial charge in [-0.2, -0.15) is 0 Å². The Morgan fingerprint density at radius 2 is 1.84 bits per heavy atom. The van der Waals surface area contributed by atoms with E-state index in [1.54, 1.807) is 0 Å². The molecule has 0 fully saturated rings. The summed E-state index contributed by atoms with van der Waals surface area (Å²) in [5.74, 6) is 1.76. The maximum Gasteiger partial charge on any atom is 0.231 e. The van der Waals surface area contributed by atoms with Crippen molar-refractivity contribution in [1.29, 1.82) is 0 Å². The van der Waals surface area contributed by atoms with Crippen molar-refractivity contribution in [3.05, 3.63) is 35.9 Å². The summed E-state index contributed by atoms with van der Waals surface area (Å²) in [6.07, 6.45) is 13.4. The quantitative estimate of drug-likeness (QED) is 0.490. The summed E-state index contributed by atoms with van der Waals surface area (Å²) in [5.41, 5.74) is 1.32. The topological polar surface area (TPSA) is 18.5 Å². The minimum absolute atomic E-state index is 0.358. The lowest BCUT2D eigenvalue weighted by molar-refractivity contribution is 0.174. The highest BCUT2D eigenvalue weighted by Crippen LogP contribution is 2.32. The highest BCUT2D eigenvalue weighted by atomic mass is 16.7. The van der Waals surface area contributed by atoms with E-state index < -0.39 is 0 Å².